The summed E-state index contributed by atoms with van der Waals surface area (Å²) in [5, 5.41) is 5.31. The first-order chi connectivity index (χ1) is 13.6. The third-order valence-electron chi connectivity index (χ3n) is 5.58. The molecule has 0 atom stereocenters. The predicted octanol–water partition coefficient (Wildman–Crippen LogP) is 2.62. The standard InChI is InChI=1S/C20H21N5O2S/c21-19-22-12-16(28-19)18(26)24-9-7-20(8-10-24)17-14(6-11-27-20)13-25(23-17)15-4-2-1-3-5-15/h1-5,12-13H,6-11H2,(H2,21,22). The largest absolute Gasteiger partial charge is 0.375 e. The van der Waals surface area contributed by atoms with E-state index in [1.165, 1.54) is 16.9 Å². The van der Waals surface area contributed by atoms with Gasteiger partial charge in [0.05, 0.1) is 24.2 Å². The van der Waals surface area contributed by atoms with E-state index < -0.39 is 5.60 Å². The number of piperidine rings is 1. The molecule has 3 aromatic rings. The van der Waals surface area contributed by atoms with E-state index in [-0.39, 0.29) is 5.91 Å². The molecule has 7 nitrogen and oxygen atoms in total. The van der Waals surface area contributed by atoms with E-state index in [1.54, 1.807) is 6.20 Å². The topological polar surface area (TPSA) is 86.3 Å². The number of hydrogen-bond donors (Lipinski definition) is 1. The molecule has 1 amide bonds. The van der Waals surface area contributed by atoms with Crippen molar-refractivity contribution >= 4 is 22.4 Å². The van der Waals surface area contributed by atoms with Crippen LogP contribution in [-0.4, -0.2) is 45.3 Å². The van der Waals surface area contributed by atoms with E-state index in [2.05, 4.69) is 11.2 Å². The maximum absolute atomic E-state index is 12.7. The van der Waals surface area contributed by atoms with E-state index in [4.69, 9.17) is 15.6 Å². The lowest BCUT2D eigenvalue weighted by atomic mass is 9.84. The maximum Gasteiger partial charge on any atom is 0.265 e. The number of nitrogens with zero attached hydrogens (tertiary/aromatic N) is 4. The summed E-state index contributed by atoms with van der Waals surface area (Å²) >= 11 is 1.23. The molecule has 0 saturated carbocycles. The molecular formula is C20H21N5O2S. The van der Waals surface area contributed by atoms with Crippen molar-refractivity contribution < 1.29 is 9.53 Å². The lowest BCUT2D eigenvalue weighted by Crippen LogP contribution is -2.48. The second-order valence-corrected chi connectivity index (χ2v) is 8.29. The molecule has 0 radical (unpaired) electrons. The number of benzene rings is 1. The highest BCUT2D eigenvalue weighted by molar-refractivity contribution is 7.17. The molecule has 4 heterocycles. The van der Waals surface area contributed by atoms with Gasteiger partial charge in [0.2, 0.25) is 0 Å². The smallest absolute Gasteiger partial charge is 0.265 e. The Morgan fingerprint density at radius 1 is 1.21 bits per heavy atom. The van der Waals surface area contributed by atoms with E-state index in [0.717, 1.165) is 30.6 Å². The fraction of sp³-hybridized carbons (Fsp3) is 0.350. The van der Waals surface area contributed by atoms with Gasteiger partial charge in [-0.05, 0) is 37.0 Å². The SMILES string of the molecule is Nc1ncc(C(=O)N2CCC3(CC2)OCCc2cn(-c4ccccc4)nc23)s1. The van der Waals surface area contributed by atoms with Crippen LogP contribution in [0.1, 0.15) is 33.8 Å². The quantitative estimate of drug-likeness (QED) is 0.721. The minimum atomic E-state index is -0.406. The van der Waals surface area contributed by atoms with Crippen LogP contribution in [0.4, 0.5) is 5.13 Å². The van der Waals surface area contributed by atoms with Crippen LogP contribution in [0.3, 0.4) is 0 Å². The number of nitrogens with two attached hydrogens (primary N) is 1. The van der Waals surface area contributed by atoms with Crippen LogP contribution in [0.25, 0.3) is 5.69 Å². The van der Waals surface area contributed by atoms with Crippen molar-refractivity contribution in [3.8, 4) is 5.69 Å². The summed E-state index contributed by atoms with van der Waals surface area (Å²) in [6.45, 7) is 1.95. The molecule has 1 spiro atoms. The fourth-order valence-corrected chi connectivity index (χ4v) is 4.76. The number of para-hydroxylation sites is 1. The highest BCUT2D eigenvalue weighted by atomic mass is 32.1. The Balaban J connectivity index is 1.38. The van der Waals surface area contributed by atoms with Crippen LogP contribution in [0.5, 0.6) is 0 Å². The minimum absolute atomic E-state index is 0.00472. The number of fused-ring (bicyclic) bond motifs is 2. The molecule has 8 heteroatoms. The van der Waals surface area contributed by atoms with E-state index in [9.17, 15) is 4.79 Å². The van der Waals surface area contributed by atoms with Crippen molar-refractivity contribution in [3.63, 3.8) is 0 Å². The first-order valence-electron chi connectivity index (χ1n) is 9.44. The van der Waals surface area contributed by atoms with E-state index >= 15 is 0 Å². The highest BCUT2D eigenvalue weighted by Crippen LogP contribution is 2.41. The number of anilines is 1. The molecular weight excluding hydrogens is 374 g/mol. The molecule has 0 bridgehead atoms. The van der Waals surface area contributed by atoms with Crippen LogP contribution < -0.4 is 5.73 Å². The molecule has 28 heavy (non-hydrogen) atoms. The Kier molecular flexibility index (Phi) is 4.17. The molecule has 2 aliphatic heterocycles. The zero-order valence-electron chi connectivity index (χ0n) is 15.4. The monoisotopic (exact) mass is 395 g/mol. The summed E-state index contributed by atoms with van der Waals surface area (Å²) < 4.78 is 8.22. The van der Waals surface area contributed by atoms with Crippen LogP contribution in [0.15, 0.2) is 42.7 Å². The van der Waals surface area contributed by atoms with Gasteiger partial charge in [-0.2, -0.15) is 5.10 Å². The van der Waals surface area contributed by atoms with Crippen LogP contribution in [-0.2, 0) is 16.8 Å². The Morgan fingerprint density at radius 3 is 2.71 bits per heavy atom. The van der Waals surface area contributed by atoms with Gasteiger partial charge in [-0.25, -0.2) is 9.67 Å². The molecule has 0 aliphatic carbocycles. The molecule has 1 fully saturated rings. The van der Waals surface area contributed by atoms with Gasteiger partial charge >= 0.3 is 0 Å². The zero-order valence-corrected chi connectivity index (χ0v) is 16.2. The molecule has 2 aromatic heterocycles. The summed E-state index contributed by atoms with van der Waals surface area (Å²) in [6.07, 6.45) is 6.03. The second kappa shape index (κ2) is 6.72. The first kappa shape index (κ1) is 17.4. The number of amides is 1. The molecule has 5 rings (SSSR count). The summed E-state index contributed by atoms with van der Waals surface area (Å²) in [5.74, 6) is -0.00472. The van der Waals surface area contributed by atoms with Crippen molar-refractivity contribution in [1.29, 1.82) is 0 Å². The average molecular weight is 395 g/mol. The third-order valence-corrected chi connectivity index (χ3v) is 6.40. The number of likely N-dealkylation sites (tertiary alicyclic amines) is 1. The Morgan fingerprint density at radius 2 is 2.00 bits per heavy atom. The highest BCUT2D eigenvalue weighted by Gasteiger charge is 2.44. The van der Waals surface area contributed by atoms with Gasteiger partial charge in [0, 0.05) is 19.3 Å². The Labute approximate surface area is 166 Å². The van der Waals surface area contributed by atoms with Gasteiger partial charge in [-0.1, -0.05) is 29.5 Å². The number of nitrogen functional groups attached to an aromatic ring is 1. The Hall–Kier alpha value is -2.71. The Bertz CT molecular complexity index is 1000. The molecule has 2 N–H and O–H groups in total. The number of ether oxygens (including phenoxy) is 1. The molecule has 2 aliphatic rings. The van der Waals surface area contributed by atoms with E-state index in [1.807, 2.05) is 39.9 Å². The summed E-state index contributed by atoms with van der Waals surface area (Å²) in [6, 6.07) is 10.1. The second-order valence-electron chi connectivity index (χ2n) is 7.23. The van der Waals surface area contributed by atoms with Crippen molar-refractivity contribution in [2.45, 2.75) is 24.9 Å². The normalized spacial score (nSPS) is 18.2. The van der Waals surface area contributed by atoms with Gasteiger partial charge < -0.3 is 15.4 Å². The predicted molar refractivity (Wildman–Crippen MR) is 107 cm³/mol. The average Bonchev–Trinajstić information content (AvgIpc) is 3.36. The minimum Gasteiger partial charge on any atom is -0.375 e. The van der Waals surface area contributed by atoms with Crippen molar-refractivity contribution in [3.05, 3.63) is 58.9 Å². The summed E-state index contributed by atoms with van der Waals surface area (Å²) in [5.41, 5.74) is 8.57. The molecule has 1 aromatic carbocycles. The summed E-state index contributed by atoms with van der Waals surface area (Å²) in [7, 11) is 0. The molecule has 0 unspecified atom stereocenters. The zero-order chi connectivity index (χ0) is 19.1. The van der Waals surface area contributed by atoms with Crippen molar-refractivity contribution in [2.75, 3.05) is 25.4 Å². The van der Waals surface area contributed by atoms with Gasteiger partial charge in [0.1, 0.15) is 10.5 Å². The van der Waals surface area contributed by atoms with Crippen molar-refractivity contribution in [1.82, 2.24) is 19.7 Å². The van der Waals surface area contributed by atoms with E-state index in [0.29, 0.717) is 29.7 Å². The number of aromatic nitrogens is 3. The number of rotatable bonds is 2. The first-order valence-corrected chi connectivity index (χ1v) is 10.3. The fourth-order valence-electron chi connectivity index (χ4n) is 4.11. The maximum atomic E-state index is 12.7. The number of hydrogen-bond acceptors (Lipinski definition) is 6. The van der Waals surface area contributed by atoms with Crippen LogP contribution >= 0.6 is 11.3 Å². The van der Waals surface area contributed by atoms with Gasteiger partial charge in [0.25, 0.3) is 5.91 Å². The molecule has 1 saturated heterocycles. The van der Waals surface area contributed by atoms with Crippen molar-refractivity contribution in [2.24, 2.45) is 0 Å². The number of carbonyl (C=O) groups excluding carboxylic acids is 1. The van der Waals surface area contributed by atoms with Crippen LogP contribution in [0.2, 0.25) is 0 Å². The van der Waals surface area contributed by atoms with Gasteiger partial charge in [-0.15, -0.1) is 0 Å². The van der Waals surface area contributed by atoms with Crippen LogP contribution in [0, 0.1) is 0 Å². The number of thiazole rings is 1. The number of carbonyl (C=O) groups is 1. The van der Waals surface area contributed by atoms with Gasteiger partial charge in [-0.3, -0.25) is 4.79 Å². The molecule has 144 valence electrons. The summed E-state index contributed by atoms with van der Waals surface area (Å²) in [4.78, 5) is 19.1. The lowest BCUT2D eigenvalue weighted by Gasteiger charge is -2.42. The van der Waals surface area contributed by atoms with Gasteiger partial charge in [0.15, 0.2) is 5.13 Å². The lowest BCUT2D eigenvalue weighted by molar-refractivity contribution is -0.0963. The third kappa shape index (κ3) is 2.89.